The van der Waals surface area contributed by atoms with Crippen molar-refractivity contribution in [1.29, 1.82) is 5.41 Å². The first-order valence-corrected chi connectivity index (χ1v) is 45.4. The molecule has 13 atom stereocenters. The van der Waals surface area contributed by atoms with Crippen LogP contribution in [0.3, 0.4) is 0 Å². The summed E-state index contributed by atoms with van der Waals surface area (Å²) < 4.78 is 0. The highest BCUT2D eigenvalue weighted by Gasteiger charge is 2.44. The molecule has 2 fully saturated rings. The molecule has 0 saturated carbocycles. The minimum atomic E-state index is -1.85. The molecule has 17 amide bonds. The summed E-state index contributed by atoms with van der Waals surface area (Å²) in [5.41, 5.74) is 20.0. The van der Waals surface area contributed by atoms with Crippen molar-refractivity contribution < 1.29 is 86.6 Å². The maximum Gasteiger partial charge on any atom is 0.246 e. The number of primary amides is 2. The van der Waals surface area contributed by atoms with Gasteiger partial charge in [0, 0.05) is 119 Å². The van der Waals surface area contributed by atoms with Crippen molar-refractivity contribution in [3.63, 3.8) is 0 Å². The van der Waals surface area contributed by atoms with Crippen LogP contribution in [0.5, 0.6) is 0 Å². The first-order chi connectivity index (χ1) is 62.9. The number of aliphatic hydroxyl groups is 1. The van der Waals surface area contributed by atoms with Crippen LogP contribution in [-0.4, -0.2) is 307 Å². The van der Waals surface area contributed by atoms with Gasteiger partial charge in [-0.2, -0.15) is 0 Å². The van der Waals surface area contributed by atoms with Gasteiger partial charge in [0.25, 0.3) is 0 Å². The standard InChI is InChI=1S/C89H126N24O18S/c1-10-12-30-69-82(125)102-60(29-21-33-95-89(92)93)78(121)108-68(77(120)98-44-73(91)116)47-132-48-75(118)101-64(36-52-23-15-14-16-24-52)85(128)110(7)51(5)76(119)104-66(40-72(90)115)87(130)113-34-22-32-70(113)83(126)103-62(39-55-43-94-49-99-55)80(123)105-63(35-50(3)4)84(127)109(6)45-74(117)100-61(37-53-41-96-58-27-19-17-25-56(53)58)79(122)107-67(46-114)81(124)106-65(38-54-42-97-59-28-20-18-26-57(54)59)86(129)112(9)71(31-13-11-2)88(131)111(69)8/h14-20,23-28,41-43,49-51,60-71,96-97,114H,10-13,21-22,29-40,44-48H2,1-9H3,(H2,90,115)(H2,91,116)(H,94,99)(H,98,120)(H,100,117)(H,101,118)(H,102,125)(H,103,126)(H,104,119)(H,105,123)(H,106,124)(H,107,122)(H,108,121)(H4,92,93,95)/t51-,60-,61-,62-,63-,64?,65-,66-,67-,68-,69-,70?,71-/m0/s1. The number of H-pyrrole nitrogens is 3. The van der Waals surface area contributed by atoms with Crippen LogP contribution in [0.15, 0.2) is 104 Å². The van der Waals surface area contributed by atoms with Gasteiger partial charge in [-0.05, 0) is 86.6 Å². The summed E-state index contributed by atoms with van der Waals surface area (Å²) in [6.45, 7) is 5.93. The Morgan fingerprint density at radius 1 is 0.538 bits per heavy atom. The molecule has 2 saturated heterocycles. The molecule has 6 aromatic rings. The second-order valence-electron chi connectivity index (χ2n) is 33.7. The predicted molar refractivity (Wildman–Crippen MR) is 490 cm³/mol. The highest BCUT2D eigenvalue weighted by Crippen LogP contribution is 2.26. The third-order valence-corrected chi connectivity index (χ3v) is 24.2. The molecule has 43 heteroatoms. The third-order valence-electron chi connectivity index (χ3n) is 23.1. The number of benzene rings is 3. The maximum atomic E-state index is 15.7. The Morgan fingerprint density at radius 3 is 1.67 bits per heavy atom. The lowest BCUT2D eigenvalue weighted by Crippen LogP contribution is -2.61. The van der Waals surface area contributed by atoms with E-state index in [1.807, 2.05) is 13.8 Å². The van der Waals surface area contributed by atoms with Gasteiger partial charge in [-0.3, -0.25) is 86.9 Å². The number of aromatic amines is 3. The Morgan fingerprint density at radius 2 is 1.08 bits per heavy atom. The molecule has 0 radical (unpaired) electrons. The Bertz CT molecular complexity index is 5050. The third kappa shape index (κ3) is 30.0. The molecule has 0 aliphatic carbocycles. The van der Waals surface area contributed by atoms with Crippen LogP contribution in [0.25, 0.3) is 21.8 Å². The zero-order valence-electron chi connectivity index (χ0n) is 75.9. The van der Waals surface area contributed by atoms with Crippen molar-refractivity contribution in [1.82, 2.24) is 103 Å². The molecule has 2 aliphatic rings. The summed E-state index contributed by atoms with van der Waals surface area (Å²) in [7, 11) is 5.25. The molecule has 132 heavy (non-hydrogen) atoms. The van der Waals surface area contributed by atoms with E-state index in [1.165, 1.54) is 47.6 Å². The summed E-state index contributed by atoms with van der Waals surface area (Å²) in [5.74, 6) is -17.1. The molecular weight excluding hydrogens is 1730 g/mol. The van der Waals surface area contributed by atoms with E-state index in [0.717, 1.165) is 36.3 Å². The Labute approximate surface area is 768 Å². The number of hydrogen-bond donors (Lipinski definition) is 19. The zero-order valence-corrected chi connectivity index (χ0v) is 76.7. The van der Waals surface area contributed by atoms with Crippen LogP contribution in [0, 0.1) is 11.3 Å². The van der Waals surface area contributed by atoms with Crippen molar-refractivity contribution in [3.8, 4) is 0 Å². The van der Waals surface area contributed by atoms with Crippen LogP contribution in [0.1, 0.15) is 134 Å². The number of para-hydroxylation sites is 2. The van der Waals surface area contributed by atoms with Gasteiger partial charge in [0.15, 0.2) is 5.96 Å². The Balaban J connectivity index is 1.18. The van der Waals surface area contributed by atoms with E-state index in [9.17, 15) is 62.6 Å². The lowest BCUT2D eigenvalue weighted by Gasteiger charge is -2.36. The smallest absolute Gasteiger partial charge is 0.246 e. The van der Waals surface area contributed by atoms with Crippen molar-refractivity contribution in [3.05, 3.63) is 126 Å². The maximum absolute atomic E-state index is 15.7. The quantitative estimate of drug-likeness (QED) is 0.0157. The average molecular weight is 1850 g/mol. The van der Waals surface area contributed by atoms with Gasteiger partial charge in [-0.1, -0.05) is 120 Å². The number of aliphatic hydroxyl groups excluding tert-OH is 1. The van der Waals surface area contributed by atoms with Crippen LogP contribution in [0.4, 0.5) is 0 Å². The van der Waals surface area contributed by atoms with Crippen molar-refractivity contribution >= 4 is 140 Å². The SMILES string of the molecule is CCCC[C@H]1C(=O)N(C)[C@@H](CCCC)C(=O)N[C@@H](CCCNC(=N)N)C(=O)N[C@H](C(=O)NCC(N)=O)CSCC(=O)NC(Cc2ccccc2)C(=O)N(C)[C@@H](C)C(=O)N[C@@H](CC(N)=O)C(=O)N2CCCC2C(=O)N[C@@H](Cc2cnc[nH]2)C(=O)N[C@@H](CC(C)C)C(=O)N(C)CC(=O)N[C@@H](Cc2c[nH]c3ccccc23)C(=O)N[C@@H](CO)C(=O)N[C@@H](Cc2c[nH]c3ccccc23)C(=O)N1C. The molecule has 22 N–H and O–H groups in total. The lowest BCUT2D eigenvalue weighted by atomic mass is 10.00. The number of nitrogens with one attached hydrogen (secondary N) is 15. The number of thioether (sulfide) groups is 1. The fourth-order valence-electron chi connectivity index (χ4n) is 15.8. The number of amides is 17. The minimum Gasteiger partial charge on any atom is -0.394 e. The molecule has 3 aromatic carbocycles. The molecule has 42 nitrogen and oxygen atoms in total. The lowest BCUT2D eigenvalue weighted by molar-refractivity contribution is -0.149. The van der Waals surface area contributed by atoms with Crippen molar-refractivity contribution in [2.24, 2.45) is 23.1 Å². The molecule has 5 heterocycles. The van der Waals surface area contributed by atoms with E-state index in [-0.39, 0.29) is 89.6 Å². The molecule has 716 valence electrons. The van der Waals surface area contributed by atoms with Gasteiger partial charge < -0.3 is 120 Å². The first-order valence-electron chi connectivity index (χ1n) is 44.2. The number of aromatic nitrogens is 4. The second-order valence-corrected chi connectivity index (χ2v) is 34.7. The minimum absolute atomic E-state index is 0.00145. The number of rotatable bonds is 26. The number of carbonyl (C=O) groups excluding carboxylic acids is 17. The zero-order chi connectivity index (χ0) is 96.6. The van der Waals surface area contributed by atoms with E-state index in [4.69, 9.17) is 22.6 Å². The molecular formula is C89H126N24O18S. The highest BCUT2D eigenvalue weighted by molar-refractivity contribution is 8.00. The van der Waals surface area contributed by atoms with Crippen LogP contribution < -0.4 is 75.7 Å². The summed E-state index contributed by atoms with van der Waals surface area (Å²) in [4.78, 5) is 267. The first kappa shape index (κ1) is 104. The van der Waals surface area contributed by atoms with Gasteiger partial charge >= 0.3 is 0 Å². The molecule has 3 aromatic heterocycles. The Hall–Kier alpha value is -13.5. The van der Waals surface area contributed by atoms with Gasteiger partial charge in [-0.15, -0.1) is 11.8 Å². The van der Waals surface area contributed by atoms with Crippen LogP contribution >= 0.6 is 11.8 Å². The summed E-state index contributed by atoms with van der Waals surface area (Å²) >= 11 is 0.795. The number of carbonyl (C=O) groups is 17. The number of likely N-dealkylation sites (N-methyl/N-ethyl adjacent to an activating group) is 4. The van der Waals surface area contributed by atoms with E-state index in [0.29, 0.717) is 69.9 Å². The monoisotopic (exact) mass is 1850 g/mol. The summed E-state index contributed by atoms with van der Waals surface area (Å²) in [5, 5.41) is 49.4. The number of fused-ring (bicyclic) bond motifs is 3. The number of imidazole rings is 1. The average Bonchev–Trinajstić information content (AvgIpc) is 1.48. The van der Waals surface area contributed by atoms with E-state index < -0.39 is 223 Å². The van der Waals surface area contributed by atoms with Crippen molar-refractivity contribution in [2.75, 3.05) is 72.5 Å². The molecule has 0 spiro atoms. The molecule has 0 bridgehead atoms. The van der Waals surface area contributed by atoms with Gasteiger partial charge in [0.1, 0.15) is 78.5 Å². The summed E-state index contributed by atoms with van der Waals surface area (Å²) in [6, 6.07) is 2.90. The number of unbranched alkanes of at least 4 members (excludes halogenated alkanes) is 2. The van der Waals surface area contributed by atoms with Gasteiger partial charge in [0.2, 0.25) is 100 Å². The number of hydrogen-bond acceptors (Lipinski definition) is 21. The number of nitrogens with two attached hydrogens (primary N) is 3. The van der Waals surface area contributed by atoms with Gasteiger partial charge in [-0.25, -0.2) is 4.98 Å². The largest absolute Gasteiger partial charge is 0.394 e. The number of nitrogens with zero attached hydrogens (tertiary/aromatic N) is 6. The fourth-order valence-corrected chi connectivity index (χ4v) is 16.7. The van der Waals surface area contributed by atoms with Crippen LogP contribution in [0.2, 0.25) is 0 Å². The highest BCUT2D eigenvalue weighted by atomic mass is 32.2. The molecule has 2 unspecified atom stereocenters. The van der Waals surface area contributed by atoms with Crippen molar-refractivity contribution in [2.45, 2.75) is 216 Å². The second kappa shape index (κ2) is 50.6. The van der Waals surface area contributed by atoms with E-state index in [2.05, 4.69) is 78.4 Å². The Kier molecular flexibility index (Phi) is 39.9. The normalized spacial score (nSPS) is 23.5. The fraction of sp³-hybridized carbons (Fsp3) is 0.517. The predicted octanol–water partition coefficient (Wildman–Crippen LogP) is -2.14. The topological polar surface area (TPSA) is 621 Å². The molecule has 8 rings (SSSR count). The van der Waals surface area contributed by atoms with E-state index >= 15 is 24.0 Å². The molecule has 2 aliphatic heterocycles. The van der Waals surface area contributed by atoms with E-state index in [1.54, 1.807) is 105 Å². The van der Waals surface area contributed by atoms with Gasteiger partial charge in [0.05, 0.1) is 38.2 Å². The summed E-state index contributed by atoms with van der Waals surface area (Å²) in [6.07, 6.45) is 6.01. The number of guanidine groups is 1. The van der Waals surface area contributed by atoms with Crippen LogP contribution in [-0.2, 0) is 107 Å².